The van der Waals surface area contributed by atoms with Crippen LogP contribution in [0.15, 0.2) is 60.8 Å². The number of aliphatic hydroxyl groups excluding tert-OH is 2. The Morgan fingerprint density at radius 2 is 1.75 bits per heavy atom. The second kappa shape index (κ2) is 14.3. The van der Waals surface area contributed by atoms with Gasteiger partial charge in [0.2, 0.25) is 10.0 Å². The number of hydrogen-bond donors (Lipinski definition) is 4. The van der Waals surface area contributed by atoms with E-state index in [1.807, 2.05) is 18.2 Å². The van der Waals surface area contributed by atoms with Crippen molar-refractivity contribution < 1.29 is 32.2 Å². The topological polar surface area (TPSA) is 132 Å². The molecule has 3 aromatic rings. The van der Waals surface area contributed by atoms with Crippen LogP contribution in [0, 0.1) is 11.6 Å². The summed E-state index contributed by atoms with van der Waals surface area (Å²) in [6, 6.07) is 12.7. The summed E-state index contributed by atoms with van der Waals surface area (Å²) in [6.45, 7) is 1.98. The number of rotatable bonds is 14. The van der Waals surface area contributed by atoms with Crippen molar-refractivity contribution in [2.45, 2.75) is 38.5 Å². The summed E-state index contributed by atoms with van der Waals surface area (Å²) in [6.07, 6.45) is 1.85. The van der Waals surface area contributed by atoms with Crippen LogP contribution in [0.25, 0.3) is 0 Å². The van der Waals surface area contributed by atoms with Gasteiger partial charge in [0.25, 0.3) is 5.91 Å². The van der Waals surface area contributed by atoms with Crippen molar-refractivity contribution in [1.29, 1.82) is 0 Å². The van der Waals surface area contributed by atoms with Crippen LogP contribution in [0.5, 0.6) is 0 Å². The normalized spacial score (nSPS) is 13.1. The van der Waals surface area contributed by atoms with Crippen molar-refractivity contribution >= 4 is 21.7 Å². The molecule has 4 N–H and O–H groups in total. The Morgan fingerprint density at radius 1 is 1.05 bits per heavy atom. The third-order valence-corrected chi connectivity index (χ3v) is 7.38. The molecule has 12 heteroatoms. The number of benzene rings is 2. The van der Waals surface area contributed by atoms with E-state index < -0.39 is 46.3 Å². The Morgan fingerprint density at radius 3 is 2.35 bits per heavy atom. The van der Waals surface area contributed by atoms with Crippen molar-refractivity contribution in [3.8, 4) is 0 Å². The number of halogens is 2. The summed E-state index contributed by atoms with van der Waals surface area (Å²) >= 11 is 0. The number of carbonyl (C=O) groups is 1. The number of aryl methyl sites for hydroxylation is 1. The van der Waals surface area contributed by atoms with Gasteiger partial charge < -0.3 is 20.8 Å². The van der Waals surface area contributed by atoms with E-state index in [-0.39, 0.29) is 36.5 Å². The molecule has 0 aliphatic rings. The number of anilines is 1. The molecule has 0 spiro atoms. The summed E-state index contributed by atoms with van der Waals surface area (Å²) in [5, 5.41) is 26.0. The maximum Gasteiger partial charge on any atom is 0.253 e. The summed E-state index contributed by atoms with van der Waals surface area (Å²) in [5.74, 6) is -2.15. The van der Waals surface area contributed by atoms with Gasteiger partial charge in [-0.05, 0) is 53.8 Å². The third kappa shape index (κ3) is 9.05. The molecule has 0 bridgehead atoms. The zero-order valence-corrected chi connectivity index (χ0v) is 23.2. The number of amides is 1. The molecular weight excluding hydrogens is 542 g/mol. The van der Waals surface area contributed by atoms with Crippen LogP contribution in [0.3, 0.4) is 0 Å². The Labute approximate surface area is 232 Å². The molecule has 9 nitrogen and oxygen atoms in total. The van der Waals surface area contributed by atoms with Gasteiger partial charge in [-0.15, -0.1) is 0 Å². The van der Waals surface area contributed by atoms with Gasteiger partial charge in [-0.25, -0.2) is 22.2 Å². The molecule has 2 atom stereocenters. The van der Waals surface area contributed by atoms with E-state index in [1.54, 1.807) is 0 Å². The van der Waals surface area contributed by atoms with Gasteiger partial charge in [0.15, 0.2) is 0 Å². The second-order valence-corrected chi connectivity index (χ2v) is 11.3. The maximum atomic E-state index is 13.8. The predicted octanol–water partition coefficient (Wildman–Crippen LogP) is 2.17. The minimum atomic E-state index is -3.71. The Balaban J connectivity index is 1.75. The molecule has 3 rings (SSSR count). The highest BCUT2D eigenvalue weighted by atomic mass is 32.2. The van der Waals surface area contributed by atoms with Crippen LogP contribution in [-0.4, -0.2) is 67.6 Å². The molecule has 0 saturated carbocycles. The quantitative estimate of drug-likeness (QED) is 0.231. The molecule has 0 radical (unpaired) electrons. The Kier molecular flexibility index (Phi) is 11.1. The van der Waals surface area contributed by atoms with Crippen LogP contribution in [-0.2, 0) is 29.4 Å². The number of hydrogen-bond acceptors (Lipinski definition) is 7. The molecule has 216 valence electrons. The SMILES string of the molecule is CCc1cccc(CNC[C@@H](O)[C@H](Cc2cc(F)cc(F)c2)NC(=O)c2ccc(N(CCO)S(C)(=O)=O)nc2)c1. The molecule has 1 amide bonds. The highest BCUT2D eigenvalue weighted by Crippen LogP contribution is 2.16. The first kappa shape index (κ1) is 31.1. The fourth-order valence-electron chi connectivity index (χ4n) is 4.19. The third-order valence-electron chi connectivity index (χ3n) is 6.21. The van der Waals surface area contributed by atoms with E-state index in [0.717, 1.165) is 40.7 Å². The maximum absolute atomic E-state index is 13.8. The molecule has 0 unspecified atom stereocenters. The number of carbonyl (C=O) groups excluding carboxylic acids is 1. The minimum absolute atomic E-state index is 0.0243. The number of aromatic nitrogens is 1. The standard InChI is InChI=1S/C28H34F2N4O5S/c1-3-19-5-4-6-20(11-19)16-31-18-26(36)25(14-21-12-23(29)15-24(30)13-21)33-28(37)22-7-8-27(32-17-22)34(9-10-35)40(2,38)39/h4-8,11-13,15,17,25-26,31,35-36H,3,9-10,14,16,18H2,1-2H3,(H,33,37)/t25-,26+/m0/s1. The zero-order valence-electron chi connectivity index (χ0n) is 22.3. The molecule has 0 saturated heterocycles. The lowest BCUT2D eigenvalue weighted by Gasteiger charge is -2.25. The summed E-state index contributed by atoms with van der Waals surface area (Å²) in [4.78, 5) is 17.1. The lowest BCUT2D eigenvalue weighted by Crippen LogP contribution is -2.48. The first-order valence-corrected chi connectivity index (χ1v) is 14.6. The van der Waals surface area contributed by atoms with Crippen molar-refractivity contribution in [3.05, 3.63) is 94.7 Å². The van der Waals surface area contributed by atoms with E-state index >= 15 is 0 Å². The summed E-state index contributed by atoms with van der Waals surface area (Å²) in [7, 11) is -3.71. The second-order valence-electron chi connectivity index (χ2n) is 9.40. The summed E-state index contributed by atoms with van der Waals surface area (Å²) in [5.41, 5.74) is 2.52. The first-order valence-electron chi connectivity index (χ1n) is 12.8. The zero-order chi connectivity index (χ0) is 29.3. The molecule has 1 aromatic heterocycles. The van der Waals surface area contributed by atoms with Gasteiger partial charge in [0.05, 0.1) is 37.1 Å². The highest BCUT2D eigenvalue weighted by molar-refractivity contribution is 7.92. The smallest absolute Gasteiger partial charge is 0.253 e. The molecule has 0 fully saturated rings. The van der Waals surface area contributed by atoms with E-state index in [0.29, 0.717) is 6.54 Å². The lowest BCUT2D eigenvalue weighted by molar-refractivity contribution is 0.0829. The number of pyridine rings is 1. The first-order chi connectivity index (χ1) is 19.0. The van der Waals surface area contributed by atoms with Crippen LogP contribution in [0.2, 0.25) is 0 Å². The van der Waals surface area contributed by atoms with Crippen LogP contribution < -0.4 is 14.9 Å². The van der Waals surface area contributed by atoms with Gasteiger partial charge in [0, 0.05) is 25.4 Å². The Bertz CT molecular complexity index is 1370. The van der Waals surface area contributed by atoms with E-state index in [9.17, 15) is 32.2 Å². The van der Waals surface area contributed by atoms with Crippen LogP contribution in [0.4, 0.5) is 14.6 Å². The van der Waals surface area contributed by atoms with Crippen LogP contribution >= 0.6 is 0 Å². The van der Waals surface area contributed by atoms with Gasteiger partial charge >= 0.3 is 0 Å². The monoisotopic (exact) mass is 576 g/mol. The van der Waals surface area contributed by atoms with Gasteiger partial charge in [0.1, 0.15) is 17.5 Å². The number of sulfonamides is 1. The predicted molar refractivity (Wildman–Crippen MR) is 148 cm³/mol. The van der Waals surface area contributed by atoms with E-state index in [4.69, 9.17) is 0 Å². The molecule has 40 heavy (non-hydrogen) atoms. The van der Waals surface area contributed by atoms with Gasteiger partial charge in [-0.2, -0.15) is 0 Å². The fourth-order valence-corrected chi connectivity index (χ4v) is 5.05. The van der Waals surface area contributed by atoms with Crippen molar-refractivity contribution in [1.82, 2.24) is 15.6 Å². The fraction of sp³-hybridized carbons (Fsp3) is 0.357. The largest absolute Gasteiger partial charge is 0.394 e. The summed E-state index contributed by atoms with van der Waals surface area (Å²) < 4.78 is 52.6. The number of aliphatic hydroxyl groups is 2. The average Bonchev–Trinajstić information content (AvgIpc) is 2.90. The van der Waals surface area contributed by atoms with E-state index in [2.05, 4.69) is 28.6 Å². The molecule has 2 aromatic carbocycles. The van der Waals surface area contributed by atoms with Crippen molar-refractivity contribution in [2.75, 3.05) is 30.3 Å². The number of nitrogens with one attached hydrogen (secondary N) is 2. The van der Waals surface area contributed by atoms with Crippen LogP contribution in [0.1, 0.15) is 34.0 Å². The van der Waals surface area contributed by atoms with E-state index in [1.165, 1.54) is 23.9 Å². The molecule has 1 heterocycles. The minimum Gasteiger partial charge on any atom is -0.394 e. The molecule has 0 aliphatic heterocycles. The molecule has 0 aliphatic carbocycles. The highest BCUT2D eigenvalue weighted by Gasteiger charge is 2.24. The van der Waals surface area contributed by atoms with Crippen molar-refractivity contribution in [3.63, 3.8) is 0 Å². The lowest BCUT2D eigenvalue weighted by atomic mass is 10.00. The number of nitrogens with zero attached hydrogens (tertiary/aromatic N) is 2. The van der Waals surface area contributed by atoms with Crippen molar-refractivity contribution in [2.24, 2.45) is 0 Å². The average molecular weight is 577 g/mol. The van der Waals surface area contributed by atoms with Gasteiger partial charge in [-0.3, -0.25) is 9.10 Å². The van der Waals surface area contributed by atoms with Gasteiger partial charge in [-0.1, -0.05) is 31.2 Å². The Hall–Kier alpha value is -3.45. The molecular formula is C28H34F2N4O5S.